The SMILES string of the molecule is CCc1ccc(C(=O)N(CCC#N)CCC#N)cc1. The summed E-state index contributed by atoms with van der Waals surface area (Å²) in [6, 6.07) is 11.5. The van der Waals surface area contributed by atoms with Gasteiger partial charge in [0.1, 0.15) is 0 Å². The van der Waals surface area contributed by atoms with E-state index in [1.54, 1.807) is 17.0 Å². The number of aryl methyl sites for hydroxylation is 1. The maximum atomic E-state index is 12.3. The Morgan fingerprint density at radius 1 is 1.11 bits per heavy atom. The van der Waals surface area contributed by atoms with Gasteiger partial charge >= 0.3 is 0 Å². The monoisotopic (exact) mass is 255 g/mol. The van der Waals surface area contributed by atoms with Gasteiger partial charge in [-0.3, -0.25) is 4.79 Å². The van der Waals surface area contributed by atoms with Gasteiger partial charge in [-0.1, -0.05) is 19.1 Å². The molecule has 1 aromatic rings. The number of benzene rings is 1. The largest absolute Gasteiger partial charge is 0.337 e. The number of hydrogen-bond acceptors (Lipinski definition) is 3. The van der Waals surface area contributed by atoms with Crippen molar-refractivity contribution in [3.05, 3.63) is 35.4 Å². The number of carbonyl (C=O) groups excluding carboxylic acids is 1. The Morgan fingerprint density at radius 3 is 2.05 bits per heavy atom. The van der Waals surface area contributed by atoms with Gasteiger partial charge in [-0.2, -0.15) is 10.5 Å². The maximum absolute atomic E-state index is 12.3. The summed E-state index contributed by atoms with van der Waals surface area (Å²) in [6.07, 6.45) is 1.50. The van der Waals surface area contributed by atoms with E-state index in [9.17, 15) is 4.79 Å². The number of rotatable bonds is 6. The summed E-state index contributed by atoms with van der Waals surface area (Å²) in [5, 5.41) is 17.2. The van der Waals surface area contributed by atoms with Crippen LogP contribution in [-0.4, -0.2) is 23.9 Å². The van der Waals surface area contributed by atoms with Gasteiger partial charge in [0.05, 0.1) is 25.0 Å². The van der Waals surface area contributed by atoms with Crippen LogP contribution < -0.4 is 0 Å². The molecular weight excluding hydrogens is 238 g/mol. The van der Waals surface area contributed by atoms with Crippen LogP contribution >= 0.6 is 0 Å². The minimum atomic E-state index is -0.117. The fourth-order valence-electron chi connectivity index (χ4n) is 1.75. The van der Waals surface area contributed by atoms with E-state index in [2.05, 4.69) is 6.92 Å². The van der Waals surface area contributed by atoms with Crippen LogP contribution in [0.4, 0.5) is 0 Å². The van der Waals surface area contributed by atoms with E-state index in [0.717, 1.165) is 6.42 Å². The van der Waals surface area contributed by atoms with Gasteiger partial charge in [0.2, 0.25) is 0 Å². The van der Waals surface area contributed by atoms with Crippen molar-refractivity contribution < 1.29 is 4.79 Å². The van der Waals surface area contributed by atoms with Crippen LogP contribution in [0, 0.1) is 22.7 Å². The summed E-state index contributed by atoms with van der Waals surface area (Å²) in [6.45, 7) is 2.79. The van der Waals surface area contributed by atoms with Gasteiger partial charge < -0.3 is 4.90 Å². The summed E-state index contributed by atoms with van der Waals surface area (Å²) < 4.78 is 0. The lowest BCUT2D eigenvalue weighted by Crippen LogP contribution is -2.32. The van der Waals surface area contributed by atoms with Gasteiger partial charge in [-0.25, -0.2) is 0 Å². The molecule has 0 saturated carbocycles. The third-order valence-electron chi connectivity index (χ3n) is 2.88. The average molecular weight is 255 g/mol. The number of carbonyl (C=O) groups is 1. The van der Waals surface area contributed by atoms with Crippen molar-refractivity contribution in [3.63, 3.8) is 0 Å². The smallest absolute Gasteiger partial charge is 0.253 e. The predicted octanol–water partition coefficient (Wildman–Crippen LogP) is 2.52. The second-order valence-electron chi connectivity index (χ2n) is 4.16. The molecule has 1 rings (SSSR count). The summed E-state index contributed by atoms with van der Waals surface area (Å²) in [5.74, 6) is -0.117. The molecule has 0 aliphatic heterocycles. The highest BCUT2D eigenvalue weighted by Crippen LogP contribution is 2.09. The zero-order valence-corrected chi connectivity index (χ0v) is 11.1. The van der Waals surface area contributed by atoms with Gasteiger partial charge in [0.15, 0.2) is 0 Å². The van der Waals surface area contributed by atoms with Crippen molar-refractivity contribution >= 4 is 5.91 Å². The molecule has 4 nitrogen and oxygen atoms in total. The van der Waals surface area contributed by atoms with Crippen LogP contribution in [0.25, 0.3) is 0 Å². The fraction of sp³-hybridized carbons (Fsp3) is 0.400. The van der Waals surface area contributed by atoms with Gasteiger partial charge in [0.25, 0.3) is 5.91 Å². The van der Waals surface area contributed by atoms with Gasteiger partial charge in [-0.05, 0) is 24.1 Å². The average Bonchev–Trinajstić information content (AvgIpc) is 2.47. The fourth-order valence-corrected chi connectivity index (χ4v) is 1.75. The Hall–Kier alpha value is -2.33. The number of nitriles is 2. The van der Waals surface area contributed by atoms with E-state index in [0.29, 0.717) is 18.7 Å². The Balaban J connectivity index is 2.79. The summed E-state index contributed by atoms with van der Waals surface area (Å²) >= 11 is 0. The standard InChI is InChI=1S/C15H17N3O/c1-2-13-5-7-14(8-6-13)15(19)18(11-3-9-16)12-4-10-17/h5-8H,2-4,11-12H2,1H3. The quantitative estimate of drug-likeness (QED) is 0.784. The number of hydrogen-bond donors (Lipinski definition) is 0. The van der Waals surface area contributed by atoms with Crippen LogP contribution in [-0.2, 0) is 6.42 Å². The third-order valence-corrected chi connectivity index (χ3v) is 2.88. The molecule has 0 fully saturated rings. The van der Waals surface area contributed by atoms with E-state index in [1.807, 2.05) is 24.3 Å². The first-order valence-electron chi connectivity index (χ1n) is 6.35. The van der Waals surface area contributed by atoms with Crippen molar-refractivity contribution in [1.29, 1.82) is 10.5 Å². The van der Waals surface area contributed by atoms with E-state index in [1.165, 1.54) is 5.56 Å². The molecule has 4 heteroatoms. The molecule has 0 bridgehead atoms. The molecule has 0 radical (unpaired) electrons. The highest BCUT2D eigenvalue weighted by molar-refractivity contribution is 5.94. The molecule has 98 valence electrons. The molecule has 0 saturated heterocycles. The maximum Gasteiger partial charge on any atom is 0.253 e. The first-order valence-corrected chi connectivity index (χ1v) is 6.35. The molecule has 0 atom stereocenters. The van der Waals surface area contributed by atoms with Crippen LogP contribution in [0.3, 0.4) is 0 Å². The molecule has 1 aromatic carbocycles. The number of nitrogens with zero attached hydrogens (tertiary/aromatic N) is 3. The summed E-state index contributed by atoms with van der Waals surface area (Å²) in [5.41, 5.74) is 1.78. The first kappa shape index (κ1) is 14.7. The van der Waals surface area contributed by atoms with E-state index in [4.69, 9.17) is 10.5 Å². The highest BCUT2D eigenvalue weighted by atomic mass is 16.2. The summed E-state index contributed by atoms with van der Waals surface area (Å²) in [7, 11) is 0. The van der Waals surface area contributed by atoms with Crippen molar-refractivity contribution in [3.8, 4) is 12.1 Å². The van der Waals surface area contributed by atoms with Crippen LogP contribution in [0.5, 0.6) is 0 Å². The zero-order valence-electron chi connectivity index (χ0n) is 11.1. The second-order valence-corrected chi connectivity index (χ2v) is 4.16. The van der Waals surface area contributed by atoms with Crippen LogP contribution in [0.15, 0.2) is 24.3 Å². The van der Waals surface area contributed by atoms with Crippen molar-refractivity contribution in [2.24, 2.45) is 0 Å². The Labute approximate surface area is 113 Å². The van der Waals surface area contributed by atoms with Crippen molar-refractivity contribution in [2.45, 2.75) is 26.2 Å². The van der Waals surface area contributed by atoms with E-state index in [-0.39, 0.29) is 18.7 Å². The molecule has 0 N–H and O–H groups in total. The van der Waals surface area contributed by atoms with Gasteiger partial charge in [0, 0.05) is 18.7 Å². The molecule has 0 aliphatic rings. The lowest BCUT2D eigenvalue weighted by Gasteiger charge is -2.20. The Morgan fingerprint density at radius 2 is 1.63 bits per heavy atom. The summed E-state index contributed by atoms with van der Waals surface area (Å²) in [4.78, 5) is 13.8. The molecule has 0 aromatic heterocycles. The Kier molecular flexibility index (Phi) is 6.12. The van der Waals surface area contributed by atoms with Crippen LogP contribution in [0.2, 0.25) is 0 Å². The normalized spacial score (nSPS) is 9.42. The topological polar surface area (TPSA) is 67.9 Å². The second kappa shape index (κ2) is 7.89. The molecule has 0 heterocycles. The molecule has 0 unspecified atom stereocenters. The molecule has 0 spiro atoms. The van der Waals surface area contributed by atoms with Crippen molar-refractivity contribution in [1.82, 2.24) is 4.90 Å². The number of amides is 1. The minimum absolute atomic E-state index is 0.117. The lowest BCUT2D eigenvalue weighted by molar-refractivity contribution is 0.0762. The molecule has 0 aliphatic carbocycles. The third kappa shape index (κ3) is 4.44. The van der Waals surface area contributed by atoms with E-state index >= 15 is 0 Å². The molecule has 1 amide bonds. The van der Waals surface area contributed by atoms with Gasteiger partial charge in [-0.15, -0.1) is 0 Å². The minimum Gasteiger partial charge on any atom is -0.337 e. The van der Waals surface area contributed by atoms with Crippen LogP contribution in [0.1, 0.15) is 35.7 Å². The highest BCUT2D eigenvalue weighted by Gasteiger charge is 2.14. The predicted molar refractivity (Wildman–Crippen MR) is 72.2 cm³/mol. The Bertz CT molecular complexity index is 476. The van der Waals surface area contributed by atoms with Crippen molar-refractivity contribution in [2.75, 3.05) is 13.1 Å². The first-order chi connectivity index (χ1) is 9.22. The molecular formula is C15H17N3O. The zero-order chi connectivity index (χ0) is 14.1. The molecule has 19 heavy (non-hydrogen) atoms. The van der Waals surface area contributed by atoms with E-state index < -0.39 is 0 Å². The lowest BCUT2D eigenvalue weighted by atomic mass is 10.1.